The van der Waals surface area contributed by atoms with Gasteiger partial charge >= 0.3 is 0 Å². The first-order chi connectivity index (χ1) is 10.7. The van der Waals surface area contributed by atoms with E-state index in [-0.39, 0.29) is 0 Å². The molecule has 2 unspecified atom stereocenters. The summed E-state index contributed by atoms with van der Waals surface area (Å²) in [6.45, 7) is 6.32. The van der Waals surface area contributed by atoms with Gasteiger partial charge < -0.3 is 4.74 Å². The summed E-state index contributed by atoms with van der Waals surface area (Å²) in [5.41, 5.74) is 2.63. The summed E-state index contributed by atoms with van der Waals surface area (Å²) in [5, 5.41) is 0. The van der Waals surface area contributed by atoms with E-state index in [9.17, 15) is 0 Å². The normalized spacial score (nSPS) is 25.5. The van der Waals surface area contributed by atoms with Crippen molar-refractivity contribution in [1.82, 2.24) is 4.90 Å². The molecule has 2 aromatic carbocycles. The van der Waals surface area contributed by atoms with Crippen LogP contribution in [0.25, 0.3) is 0 Å². The van der Waals surface area contributed by atoms with Crippen LogP contribution in [0.15, 0.2) is 60.7 Å². The first-order valence-corrected chi connectivity index (χ1v) is 8.19. The fourth-order valence-corrected chi connectivity index (χ4v) is 3.36. The van der Waals surface area contributed by atoms with Gasteiger partial charge in [0.15, 0.2) is 0 Å². The Hall–Kier alpha value is -1.64. The van der Waals surface area contributed by atoms with Crippen LogP contribution in [0.2, 0.25) is 0 Å². The van der Waals surface area contributed by atoms with Crippen molar-refractivity contribution in [2.75, 3.05) is 0 Å². The van der Waals surface area contributed by atoms with Gasteiger partial charge in [0.2, 0.25) is 0 Å². The summed E-state index contributed by atoms with van der Waals surface area (Å²) >= 11 is 0. The van der Waals surface area contributed by atoms with Gasteiger partial charge in [-0.1, -0.05) is 60.7 Å². The number of benzene rings is 2. The van der Waals surface area contributed by atoms with Crippen LogP contribution >= 0.6 is 0 Å². The molecule has 1 aliphatic heterocycles. The van der Waals surface area contributed by atoms with Crippen LogP contribution in [0, 0.1) is 0 Å². The molecule has 116 valence electrons. The van der Waals surface area contributed by atoms with Crippen LogP contribution in [-0.2, 0) is 17.9 Å². The van der Waals surface area contributed by atoms with E-state index in [0.29, 0.717) is 24.8 Å². The second-order valence-electron chi connectivity index (χ2n) is 6.32. The Kier molecular flexibility index (Phi) is 4.91. The van der Waals surface area contributed by atoms with Crippen LogP contribution < -0.4 is 0 Å². The van der Waals surface area contributed by atoms with Crippen molar-refractivity contribution >= 4 is 0 Å². The SMILES string of the molecule is CC1C(OCc2ccccc2)C[C@@H](C)N1Cc1ccccc1. The lowest BCUT2D eigenvalue weighted by molar-refractivity contribution is 0.0195. The summed E-state index contributed by atoms with van der Waals surface area (Å²) in [7, 11) is 0. The van der Waals surface area contributed by atoms with Gasteiger partial charge in [0.1, 0.15) is 0 Å². The molecule has 2 nitrogen and oxygen atoms in total. The fraction of sp³-hybridized carbons (Fsp3) is 0.400. The molecule has 2 heteroatoms. The van der Waals surface area contributed by atoms with E-state index in [4.69, 9.17) is 4.74 Å². The minimum Gasteiger partial charge on any atom is -0.372 e. The number of rotatable bonds is 5. The Morgan fingerprint density at radius 3 is 2.14 bits per heavy atom. The van der Waals surface area contributed by atoms with Crippen LogP contribution in [0.5, 0.6) is 0 Å². The van der Waals surface area contributed by atoms with Gasteiger partial charge in [0.25, 0.3) is 0 Å². The minimum absolute atomic E-state index is 0.318. The molecular weight excluding hydrogens is 270 g/mol. The first-order valence-electron chi connectivity index (χ1n) is 8.19. The zero-order valence-corrected chi connectivity index (χ0v) is 13.5. The molecule has 3 rings (SSSR count). The summed E-state index contributed by atoms with van der Waals surface area (Å²) in [6.07, 6.45) is 1.43. The van der Waals surface area contributed by atoms with E-state index in [1.54, 1.807) is 0 Å². The Morgan fingerprint density at radius 2 is 1.50 bits per heavy atom. The molecule has 0 aromatic heterocycles. The van der Waals surface area contributed by atoms with Crippen molar-refractivity contribution in [1.29, 1.82) is 0 Å². The Balaban J connectivity index is 1.59. The Labute approximate surface area is 133 Å². The number of hydrogen-bond donors (Lipinski definition) is 0. The minimum atomic E-state index is 0.318. The van der Waals surface area contributed by atoms with Crippen molar-refractivity contribution in [3.8, 4) is 0 Å². The highest BCUT2D eigenvalue weighted by atomic mass is 16.5. The average molecular weight is 295 g/mol. The summed E-state index contributed by atoms with van der Waals surface area (Å²) < 4.78 is 6.20. The highest BCUT2D eigenvalue weighted by molar-refractivity contribution is 5.16. The Morgan fingerprint density at radius 1 is 0.909 bits per heavy atom. The van der Waals surface area contributed by atoms with Crippen LogP contribution in [0.4, 0.5) is 0 Å². The van der Waals surface area contributed by atoms with E-state index >= 15 is 0 Å². The third kappa shape index (κ3) is 3.57. The van der Waals surface area contributed by atoms with E-state index < -0.39 is 0 Å². The molecule has 22 heavy (non-hydrogen) atoms. The maximum Gasteiger partial charge on any atom is 0.0747 e. The fourth-order valence-electron chi connectivity index (χ4n) is 3.36. The van der Waals surface area contributed by atoms with Gasteiger partial charge in [0.05, 0.1) is 12.7 Å². The Bertz CT molecular complexity index is 569. The highest BCUT2D eigenvalue weighted by Gasteiger charge is 2.36. The maximum atomic E-state index is 6.20. The van der Waals surface area contributed by atoms with Gasteiger partial charge in [-0.25, -0.2) is 0 Å². The largest absolute Gasteiger partial charge is 0.372 e. The predicted octanol–water partition coefficient (Wildman–Crippen LogP) is 4.25. The molecule has 0 saturated carbocycles. The molecule has 0 bridgehead atoms. The lowest BCUT2D eigenvalue weighted by Crippen LogP contribution is -2.35. The lowest BCUT2D eigenvalue weighted by Gasteiger charge is -2.27. The standard InChI is InChI=1S/C20H25NO/c1-16-13-20(22-15-19-11-7-4-8-12-19)17(2)21(16)14-18-9-5-3-6-10-18/h3-12,16-17,20H,13-15H2,1-2H3/t16-,17?,20?/m1/s1. The van der Waals surface area contributed by atoms with Crippen LogP contribution in [0.3, 0.4) is 0 Å². The molecule has 0 radical (unpaired) electrons. The number of likely N-dealkylation sites (tertiary alicyclic amines) is 1. The van der Waals surface area contributed by atoms with Gasteiger partial charge in [-0.3, -0.25) is 4.90 Å². The molecule has 1 fully saturated rings. The topological polar surface area (TPSA) is 12.5 Å². The summed E-state index contributed by atoms with van der Waals surface area (Å²) in [5.74, 6) is 0. The molecular formula is C20H25NO. The van der Waals surface area contributed by atoms with Crippen molar-refractivity contribution in [3.05, 3.63) is 71.8 Å². The van der Waals surface area contributed by atoms with Crippen molar-refractivity contribution in [3.63, 3.8) is 0 Å². The molecule has 1 heterocycles. The zero-order chi connectivity index (χ0) is 15.4. The van der Waals surface area contributed by atoms with E-state index in [2.05, 4.69) is 73.3 Å². The van der Waals surface area contributed by atoms with Crippen LogP contribution in [0.1, 0.15) is 31.4 Å². The van der Waals surface area contributed by atoms with Gasteiger partial charge in [-0.05, 0) is 31.4 Å². The average Bonchev–Trinajstić information content (AvgIpc) is 2.82. The number of hydrogen-bond acceptors (Lipinski definition) is 2. The van der Waals surface area contributed by atoms with Gasteiger partial charge in [-0.2, -0.15) is 0 Å². The third-order valence-corrected chi connectivity index (χ3v) is 4.72. The molecule has 3 atom stereocenters. The molecule has 0 N–H and O–H groups in total. The number of ether oxygens (including phenoxy) is 1. The second-order valence-corrected chi connectivity index (χ2v) is 6.32. The van der Waals surface area contributed by atoms with E-state index in [0.717, 1.165) is 13.0 Å². The summed E-state index contributed by atoms with van der Waals surface area (Å²) in [6, 6.07) is 22.2. The van der Waals surface area contributed by atoms with Crippen molar-refractivity contribution < 1.29 is 4.74 Å². The van der Waals surface area contributed by atoms with Gasteiger partial charge in [0, 0.05) is 18.6 Å². The monoisotopic (exact) mass is 295 g/mol. The quantitative estimate of drug-likeness (QED) is 0.817. The van der Waals surface area contributed by atoms with Crippen LogP contribution in [-0.4, -0.2) is 23.1 Å². The predicted molar refractivity (Wildman–Crippen MR) is 90.5 cm³/mol. The van der Waals surface area contributed by atoms with Crippen molar-refractivity contribution in [2.45, 2.75) is 51.6 Å². The van der Waals surface area contributed by atoms with E-state index in [1.165, 1.54) is 11.1 Å². The van der Waals surface area contributed by atoms with E-state index in [1.807, 2.05) is 6.07 Å². The van der Waals surface area contributed by atoms with Gasteiger partial charge in [-0.15, -0.1) is 0 Å². The highest BCUT2D eigenvalue weighted by Crippen LogP contribution is 2.29. The number of nitrogens with zero attached hydrogens (tertiary/aromatic N) is 1. The first kappa shape index (κ1) is 15.3. The smallest absolute Gasteiger partial charge is 0.0747 e. The molecule has 0 spiro atoms. The maximum absolute atomic E-state index is 6.20. The zero-order valence-electron chi connectivity index (χ0n) is 13.5. The molecule has 1 saturated heterocycles. The molecule has 1 aliphatic rings. The van der Waals surface area contributed by atoms with Crippen molar-refractivity contribution in [2.24, 2.45) is 0 Å². The molecule has 2 aromatic rings. The lowest BCUT2D eigenvalue weighted by atomic mass is 10.1. The second kappa shape index (κ2) is 7.08. The molecule has 0 aliphatic carbocycles. The summed E-state index contributed by atoms with van der Waals surface area (Å²) in [4.78, 5) is 2.56. The molecule has 0 amide bonds. The third-order valence-electron chi connectivity index (χ3n) is 4.72.